The van der Waals surface area contributed by atoms with Gasteiger partial charge < -0.3 is 0 Å². The summed E-state index contributed by atoms with van der Waals surface area (Å²) in [6, 6.07) is 8.37. The molecule has 1 aliphatic carbocycles. The Morgan fingerprint density at radius 3 is 2.54 bits per heavy atom. The van der Waals surface area contributed by atoms with Crippen molar-refractivity contribution in [3.8, 4) is 6.07 Å². The van der Waals surface area contributed by atoms with Crippen molar-refractivity contribution in [3.05, 3.63) is 32.7 Å². The van der Waals surface area contributed by atoms with Crippen LogP contribution in [0.25, 0.3) is 0 Å². The van der Waals surface area contributed by atoms with Gasteiger partial charge in [0.05, 0.1) is 11.5 Å². The highest BCUT2D eigenvalue weighted by Gasteiger charge is 2.46. The lowest BCUT2D eigenvalue weighted by Crippen LogP contribution is -2.03. The minimum absolute atomic E-state index is 0.206. The number of halogens is 2. The second-order valence-electron chi connectivity index (χ2n) is 3.32. The third-order valence-corrected chi connectivity index (χ3v) is 3.59. The lowest BCUT2D eigenvalue weighted by molar-refractivity contribution is 0.900. The Morgan fingerprint density at radius 2 is 2.00 bits per heavy atom. The van der Waals surface area contributed by atoms with Crippen molar-refractivity contribution >= 4 is 31.9 Å². The van der Waals surface area contributed by atoms with Crippen LogP contribution in [0.3, 0.4) is 0 Å². The first-order valence-corrected chi connectivity index (χ1v) is 5.63. The van der Waals surface area contributed by atoms with Crippen LogP contribution >= 0.6 is 31.9 Å². The molecule has 0 N–H and O–H groups in total. The minimum Gasteiger partial charge on any atom is -0.197 e. The topological polar surface area (TPSA) is 23.8 Å². The molecule has 66 valence electrons. The first-order valence-electron chi connectivity index (χ1n) is 4.05. The molecule has 0 aromatic heterocycles. The maximum atomic E-state index is 9.04. The Labute approximate surface area is 94.0 Å². The van der Waals surface area contributed by atoms with Crippen LogP contribution in [-0.2, 0) is 5.41 Å². The van der Waals surface area contributed by atoms with Gasteiger partial charge in [-0.1, -0.05) is 31.9 Å². The molecular formula is C10H7Br2N. The summed E-state index contributed by atoms with van der Waals surface area (Å²) in [7, 11) is 0. The lowest BCUT2D eigenvalue weighted by atomic mass is 9.98. The predicted octanol–water partition coefficient (Wildman–Crippen LogP) is 3.77. The Bertz CT molecular complexity index is 388. The highest BCUT2D eigenvalue weighted by Crippen LogP contribution is 2.50. The molecule has 0 heterocycles. The standard InChI is InChI=1S/C10H7Br2N/c11-7-1-2-9(12)8(5-7)10(6-13)3-4-10/h1-2,5H,3-4H2. The maximum Gasteiger partial charge on any atom is 0.0835 e. The van der Waals surface area contributed by atoms with Crippen LogP contribution in [0.4, 0.5) is 0 Å². The number of hydrogen-bond acceptors (Lipinski definition) is 1. The Balaban J connectivity index is 2.52. The molecule has 1 fully saturated rings. The minimum atomic E-state index is -0.206. The van der Waals surface area contributed by atoms with Gasteiger partial charge in [-0.25, -0.2) is 0 Å². The molecule has 1 aliphatic rings. The monoisotopic (exact) mass is 299 g/mol. The second-order valence-corrected chi connectivity index (χ2v) is 5.09. The van der Waals surface area contributed by atoms with E-state index in [2.05, 4.69) is 37.9 Å². The van der Waals surface area contributed by atoms with Crippen molar-refractivity contribution in [1.29, 1.82) is 5.26 Å². The van der Waals surface area contributed by atoms with Gasteiger partial charge in [0.25, 0.3) is 0 Å². The summed E-state index contributed by atoms with van der Waals surface area (Å²) in [6.07, 6.45) is 1.97. The zero-order valence-corrected chi connectivity index (χ0v) is 10.0. The van der Waals surface area contributed by atoms with E-state index in [1.165, 1.54) is 0 Å². The Kier molecular flexibility index (Phi) is 2.21. The first kappa shape index (κ1) is 9.23. The van der Waals surface area contributed by atoms with E-state index < -0.39 is 0 Å². The lowest BCUT2D eigenvalue weighted by Gasteiger charge is -2.08. The molecule has 1 aromatic carbocycles. The van der Waals surface area contributed by atoms with Gasteiger partial charge in [0.1, 0.15) is 0 Å². The van der Waals surface area contributed by atoms with Crippen LogP contribution in [0.15, 0.2) is 27.1 Å². The molecule has 0 saturated heterocycles. The van der Waals surface area contributed by atoms with Gasteiger partial charge in [-0.3, -0.25) is 0 Å². The average molecular weight is 301 g/mol. The van der Waals surface area contributed by atoms with E-state index in [-0.39, 0.29) is 5.41 Å². The summed E-state index contributed by atoms with van der Waals surface area (Å²) in [5, 5.41) is 9.04. The number of nitrogens with zero attached hydrogens (tertiary/aromatic N) is 1. The van der Waals surface area contributed by atoms with E-state index in [1.807, 2.05) is 18.2 Å². The molecule has 0 atom stereocenters. The van der Waals surface area contributed by atoms with Gasteiger partial charge >= 0.3 is 0 Å². The Morgan fingerprint density at radius 1 is 1.31 bits per heavy atom. The van der Waals surface area contributed by atoms with E-state index in [9.17, 15) is 0 Å². The second kappa shape index (κ2) is 3.11. The summed E-state index contributed by atoms with van der Waals surface area (Å²) in [5.74, 6) is 0. The smallest absolute Gasteiger partial charge is 0.0835 e. The molecule has 0 unspecified atom stereocenters. The van der Waals surface area contributed by atoms with Crippen LogP contribution in [0.2, 0.25) is 0 Å². The Hall–Kier alpha value is -0.330. The summed E-state index contributed by atoms with van der Waals surface area (Å²) < 4.78 is 2.07. The van der Waals surface area contributed by atoms with Gasteiger partial charge in [-0.2, -0.15) is 5.26 Å². The highest BCUT2D eigenvalue weighted by atomic mass is 79.9. The van der Waals surface area contributed by atoms with E-state index in [0.29, 0.717) is 0 Å². The molecule has 0 bridgehead atoms. The van der Waals surface area contributed by atoms with Gasteiger partial charge in [0, 0.05) is 8.95 Å². The normalized spacial score (nSPS) is 17.9. The third kappa shape index (κ3) is 1.53. The fourth-order valence-electron chi connectivity index (χ4n) is 1.43. The van der Waals surface area contributed by atoms with Crippen molar-refractivity contribution in [2.24, 2.45) is 0 Å². The fraction of sp³-hybridized carbons (Fsp3) is 0.300. The van der Waals surface area contributed by atoms with E-state index >= 15 is 0 Å². The molecule has 1 saturated carbocycles. The quantitative estimate of drug-likeness (QED) is 0.774. The molecular weight excluding hydrogens is 294 g/mol. The molecule has 1 nitrogen and oxygen atoms in total. The van der Waals surface area contributed by atoms with Crippen molar-refractivity contribution in [2.75, 3.05) is 0 Å². The van der Waals surface area contributed by atoms with Crippen LogP contribution in [0.5, 0.6) is 0 Å². The predicted molar refractivity (Wildman–Crippen MR) is 58.4 cm³/mol. The summed E-state index contributed by atoms with van der Waals surface area (Å²) >= 11 is 6.89. The van der Waals surface area contributed by atoms with E-state index in [0.717, 1.165) is 27.4 Å². The van der Waals surface area contributed by atoms with Crippen molar-refractivity contribution in [1.82, 2.24) is 0 Å². The van der Waals surface area contributed by atoms with Crippen LogP contribution in [-0.4, -0.2) is 0 Å². The molecule has 13 heavy (non-hydrogen) atoms. The zero-order chi connectivity index (χ0) is 9.47. The molecule has 1 aromatic rings. The number of rotatable bonds is 1. The van der Waals surface area contributed by atoms with Gasteiger partial charge in [0.2, 0.25) is 0 Å². The molecule has 0 radical (unpaired) electrons. The van der Waals surface area contributed by atoms with Gasteiger partial charge in [0.15, 0.2) is 0 Å². The van der Waals surface area contributed by atoms with Gasteiger partial charge in [-0.05, 0) is 36.6 Å². The maximum absolute atomic E-state index is 9.04. The number of nitriles is 1. The van der Waals surface area contributed by atoms with E-state index in [4.69, 9.17) is 5.26 Å². The molecule has 0 aliphatic heterocycles. The van der Waals surface area contributed by atoms with Crippen molar-refractivity contribution in [2.45, 2.75) is 18.3 Å². The van der Waals surface area contributed by atoms with Crippen LogP contribution in [0, 0.1) is 11.3 Å². The van der Waals surface area contributed by atoms with Crippen molar-refractivity contribution < 1.29 is 0 Å². The van der Waals surface area contributed by atoms with E-state index in [1.54, 1.807) is 0 Å². The molecule has 3 heteroatoms. The fourth-order valence-corrected chi connectivity index (χ4v) is 2.42. The number of benzene rings is 1. The first-order chi connectivity index (χ1) is 6.18. The van der Waals surface area contributed by atoms with Crippen molar-refractivity contribution in [3.63, 3.8) is 0 Å². The van der Waals surface area contributed by atoms with Gasteiger partial charge in [-0.15, -0.1) is 0 Å². The highest BCUT2D eigenvalue weighted by molar-refractivity contribution is 9.11. The average Bonchev–Trinajstić information content (AvgIpc) is 2.90. The van der Waals surface area contributed by atoms with Crippen LogP contribution < -0.4 is 0 Å². The SMILES string of the molecule is N#CC1(c2cc(Br)ccc2Br)CC1. The van der Waals surface area contributed by atoms with Crippen LogP contribution in [0.1, 0.15) is 18.4 Å². The molecule has 0 spiro atoms. The molecule has 0 amide bonds. The summed E-state index contributed by atoms with van der Waals surface area (Å²) in [4.78, 5) is 0. The summed E-state index contributed by atoms with van der Waals surface area (Å²) in [5.41, 5.74) is 0.909. The largest absolute Gasteiger partial charge is 0.197 e. The number of hydrogen-bond donors (Lipinski definition) is 0. The summed E-state index contributed by atoms with van der Waals surface area (Å²) in [6.45, 7) is 0. The third-order valence-electron chi connectivity index (χ3n) is 2.41. The zero-order valence-electron chi connectivity index (χ0n) is 6.85. The molecule has 2 rings (SSSR count).